The summed E-state index contributed by atoms with van der Waals surface area (Å²) in [5, 5.41) is 0. The molecule has 2 aromatic carbocycles. The van der Waals surface area contributed by atoms with Crippen LogP contribution >= 0.6 is 0 Å². The molecule has 0 spiro atoms. The zero-order valence-corrected chi connectivity index (χ0v) is 17.6. The smallest absolute Gasteiger partial charge is 0.332 e. The molecule has 6 nitrogen and oxygen atoms in total. The van der Waals surface area contributed by atoms with Crippen molar-refractivity contribution in [1.29, 1.82) is 0 Å². The summed E-state index contributed by atoms with van der Waals surface area (Å²) in [7, 11) is 1.44. The summed E-state index contributed by atoms with van der Waals surface area (Å²) in [6.07, 6.45) is 1.20. The molecule has 4 rings (SSSR count). The highest BCUT2D eigenvalue weighted by Gasteiger charge is 2.49. The SMILES string of the molecule is Cc1ncc([C@]2(C)CC(=O)N(c3c(F)cc(C#Cc4ccccc4)cc3F)C(=O)N2C)o1. The minimum Gasteiger partial charge on any atom is -0.444 e. The predicted octanol–water partition coefficient (Wildman–Crippen LogP) is 4.36. The molecule has 32 heavy (non-hydrogen) atoms. The van der Waals surface area contributed by atoms with Gasteiger partial charge < -0.3 is 9.32 Å². The first kappa shape index (κ1) is 21.2. The van der Waals surface area contributed by atoms with Gasteiger partial charge >= 0.3 is 6.03 Å². The molecular weight excluding hydrogens is 416 g/mol. The molecule has 3 aromatic rings. The highest BCUT2D eigenvalue weighted by molar-refractivity contribution is 6.16. The molecule has 0 N–H and O–H groups in total. The molecule has 0 saturated carbocycles. The number of benzene rings is 2. The average molecular weight is 435 g/mol. The van der Waals surface area contributed by atoms with Gasteiger partial charge in [0.15, 0.2) is 17.5 Å². The van der Waals surface area contributed by atoms with Gasteiger partial charge in [-0.2, -0.15) is 0 Å². The number of hydrogen-bond donors (Lipinski definition) is 0. The number of urea groups is 1. The average Bonchev–Trinajstić information content (AvgIpc) is 3.20. The maximum atomic E-state index is 14.9. The fourth-order valence-electron chi connectivity index (χ4n) is 3.56. The van der Waals surface area contributed by atoms with E-state index in [-0.39, 0.29) is 12.0 Å². The summed E-state index contributed by atoms with van der Waals surface area (Å²) in [5.41, 5.74) is -1.10. The predicted molar refractivity (Wildman–Crippen MR) is 113 cm³/mol. The number of amides is 3. The van der Waals surface area contributed by atoms with Crippen LogP contribution in [0.25, 0.3) is 0 Å². The zero-order valence-electron chi connectivity index (χ0n) is 17.6. The van der Waals surface area contributed by atoms with Gasteiger partial charge in [-0.1, -0.05) is 30.0 Å². The number of hydrogen-bond acceptors (Lipinski definition) is 4. The van der Waals surface area contributed by atoms with Gasteiger partial charge in [-0.3, -0.25) is 4.79 Å². The summed E-state index contributed by atoms with van der Waals surface area (Å²) < 4.78 is 35.3. The summed E-state index contributed by atoms with van der Waals surface area (Å²) >= 11 is 0. The van der Waals surface area contributed by atoms with Crippen molar-refractivity contribution in [1.82, 2.24) is 9.88 Å². The third kappa shape index (κ3) is 3.62. The van der Waals surface area contributed by atoms with E-state index in [2.05, 4.69) is 16.8 Å². The van der Waals surface area contributed by atoms with Crippen molar-refractivity contribution < 1.29 is 22.8 Å². The molecule has 162 valence electrons. The Morgan fingerprint density at radius 1 is 1.06 bits per heavy atom. The quantitative estimate of drug-likeness (QED) is 0.561. The van der Waals surface area contributed by atoms with Crippen LogP contribution in [-0.2, 0) is 10.3 Å². The molecule has 3 amide bonds. The summed E-state index contributed by atoms with van der Waals surface area (Å²) in [4.78, 5) is 31.7. The zero-order chi connectivity index (χ0) is 23.0. The monoisotopic (exact) mass is 435 g/mol. The second kappa shape index (κ2) is 7.93. The van der Waals surface area contributed by atoms with Crippen LogP contribution in [0.4, 0.5) is 19.3 Å². The van der Waals surface area contributed by atoms with Crippen molar-refractivity contribution in [2.24, 2.45) is 0 Å². The second-order valence-corrected chi connectivity index (χ2v) is 7.67. The van der Waals surface area contributed by atoms with E-state index in [1.54, 1.807) is 38.1 Å². The second-order valence-electron chi connectivity index (χ2n) is 7.67. The van der Waals surface area contributed by atoms with Gasteiger partial charge in [-0.25, -0.2) is 23.5 Å². The van der Waals surface area contributed by atoms with E-state index in [0.717, 1.165) is 12.1 Å². The number of aryl methyl sites for hydroxylation is 1. The highest BCUT2D eigenvalue weighted by atomic mass is 19.1. The number of anilines is 1. The lowest BCUT2D eigenvalue weighted by Gasteiger charge is -2.44. The van der Waals surface area contributed by atoms with Gasteiger partial charge in [0.05, 0.1) is 12.6 Å². The molecule has 0 unspecified atom stereocenters. The van der Waals surface area contributed by atoms with Gasteiger partial charge in [-0.05, 0) is 31.2 Å². The first-order valence-electron chi connectivity index (χ1n) is 9.80. The first-order valence-corrected chi connectivity index (χ1v) is 9.80. The largest absolute Gasteiger partial charge is 0.444 e. The maximum absolute atomic E-state index is 14.9. The molecule has 0 aliphatic carbocycles. The number of imide groups is 1. The Morgan fingerprint density at radius 3 is 2.28 bits per heavy atom. The lowest BCUT2D eigenvalue weighted by Crippen LogP contribution is -2.60. The molecule has 8 heteroatoms. The molecule has 1 fully saturated rings. The van der Waals surface area contributed by atoms with Crippen molar-refractivity contribution in [3.63, 3.8) is 0 Å². The molecular formula is C24H19F2N3O3. The lowest BCUT2D eigenvalue weighted by atomic mass is 9.90. The van der Waals surface area contributed by atoms with E-state index >= 15 is 0 Å². The van der Waals surface area contributed by atoms with Crippen LogP contribution in [0.1, 0.15) is 36.1 Å². The van der Waals surface area contributed by atoms with E-state index in [4.69, 9.17) is 4.42 Å². The van der Waals surface area contributed by atoms with E-state index < -0.39 is 34.8 Å². The Bertz CT molecular complexity index is 1250. The van der Waals surface area contributed by atoms with Gasteiger partial charge in [0.1, 0.15) is 17.0 Å². The number of aromatic nitrogens is 1. The molecule has 0 radical (unpaired) electrons. The van der Waals surface area contributed by atoms with E-state index in [9.17, 15) is 18.4 Å². The molecule has 1 aliphatic heterocycles. The Kier molecular flexibility index (Phi) is 5.26. The van der Waals surface area contributed by atoms with Crippen LogP contribution in [-0.4, -0.2) is 28.9 Å². The molecule has 0 bridgehead atoms. The minimum absolute atomic E-state index is 0.0832. The maximum Gasteiger partial charge on any atom is 0.332 e. The molecule has 1 atom stereocenters. The van der Waals surface area contributed by atoms with E-state index in [1.807, 2.05) is 6.07 Å². The Hall–Kier alpha value is -3.99. The molecule has 1 saturated heterocycles. The van der Waals surface area contributed by atoms with Crippen LogP contribution < -0.4 is 4.90 Å². The van der Waals surface area contributed by atoms with Crippen LogP contribution in [0, 0.1) is 30.4 Å². The lowest BCUT2D eigenvalue weighted by molar-refractivity contribution is -0.122. The van der Waals surface area contributed by atoms with Crippen molar-refractivity contribution in [3.05, 3.63) is 83.1 Å². The van der Waals surface area contributed by atoms with Gasteiger partial charge in [-0.15, -0.1) is 0 Å². The normalized spacial score (nSPS) is 18.5. The molecule has 1 aliphatic rings. The van der Waals surface area contributed by atoms with Crippen molar-refractivity contribution in [2.45, 2.75) is 25.8 Å². The van der Waals surface area contributed by atoms with E-state index in [0.29, 0.717) is 22.1 Å². The van der Waals surface area contributed by atoms with Crippen LogP contribution in [0.3, 0.4) is 0 Å². The number of nitrogens with zero attached hydrogens (tertiary/aromatic N) is 3. The van der Waals surface area contributed by atoms with Gasteiger partial charge in [0, 0.05) is 25.1 Å². The van der Waals surface area contributed by atoms with Crippen LogP contribution in [0.5, 0.6) is 0 Å². The van der Waals surface area contributed by atoms with Gasteiger partial charge in [0.25, 0.3) is 0 Å². The fourth-order valence-corrected chi connectivity index (χ4v) is 3.56. The first-order chi connectivity index (χ1) is 15.2. The van der Waals surface area contributed by atoms with Gasteiger partial charge in [0.2, 0.25) is 5.91 Å². The third-order valence-corrected chi connectivity index (χ3v) is 5.48. The van der Waals surface area contributed by atoms with Crippen molar-refractivity contribution >= 4 is 17.6 Å². The van der Waals surface area contributed by atoms with Crippen LogP contribution in [0.15, 0.2) is 53.1 Å². The summed E-state index contributed by atoms with van der Waals surface area (Å²) in [6.45, 7) is 3.27. The Morgan fingerprint density at radius 2 is 1.69 bits per heavy atom. The fraction of sp³-hybridized carbons (Fsp3) is 0.208. The number of carbonyl (C=O) groups excluding carboxylic acids is 2. The van der Waals surface area contributed by atoms with Crippen molar-refractivity contribution in [3.8, 4) is 11.8 Å². The Balaban J connectivity index is 1.67. The third-order valence-electron chi connectivity index (χ3n) is 5.48. The minimum atomic E-state index is -1.14. The van der Waals surface area contributed by atoms with Crippen LogP contribution in [0.2, 0.25) is 0 Å². The number of carbonyl (C=O) groups is 2. The Labute approximate surface area is 183 Å². The van der Waals surface area contributed by atoms with Crippen molar-refractivity contribution in [2.75, 3.05) is 11.9 Å². The number of rotatable bonds is 2. The number of oxazole rings is 1. The van der Waals surface area contributed by atoms with E-state index in [1.165, 1.54) is 18.1 Å². The summed E-state index contributed by atoms with van der Waals surface area (Å²) in [5.74, 6) is 3.32. The summed E-state index contributed by atoms with van der Waals surface area (Å²) in [6, 6.07) is 10.1. The molecule has 2 heterocycles. The topological polar surface area (TPSA) is 66.7 Å². The highest BCUT2D eigenvalue weighted by Crippen LogP contribution is 2.39. The number of halogens is 2. The molecule has 1 aromatic heterocycles. The standard InChI is InChI=1S/C24H19F2N3O3/c1-15-27-14-20(32-15)24(2)13-21(30)29(23(31)28(24)3)22-18(25)11-17(12-19(22)26)10-9-16-7-5-4-6-8-16/h4-8,11-12,14H,13H2,1-3H3/t24-/m0/s1.